The molecule has 1 aromatic heterocycles. The molecule has 16 heavy (non-hydrogen) atoms. The van der Waals surface area contributed by atoms with E-state index in [9.17, 15) is 5.21 Å². The minimum atomic E-state index is -0.308. The van der Waals surface area contributed by atoms with Gasteiger partial charge in [-0.2, -0.15) is 0 Å². The largest absolute Gasteiger partial charge is 0.758 e. The van der Waals surface area contributed by atoms with E-state index in [1.807, 2.05) is 29.7 Å². The Morgan fingerprint density at radius 3 is 2.75 bits per heavy atom. The van der Waals surface area contributed by atoms with Gasteiger partial charge in [0.15, 0.2) is 0 Å². The van der Waals surface area contributed by atoms with Crippen LogP contribution in [0.3, 0.4) is 0 Å². The number of imidazole rings is 1. The first-order chi connectivity index (χ1) is 7.70. The van der Waals surface area contributed by atoms with Crippen LogP contribution in [0.4, 0.5) is 11.5 Å². The second-order valence-electron chi connectivity index (χ2n) is 3.88. The number of nitrogens with two attached hydrogens (primary N) is 1. The highest BCUT2D eigenvalue weighted by atomic mass is 16.5. The Kier molecular flexibility index (Phi) is 1.73. The van der Waals surface area contributed by atoms with Crippen molar-refractivity contribution in [2.75, 3.05) is 10.8 Å². The average Bonchev–Trinajstić information content (AvgIpc) is 2.69. The number of nitrogens with zero attached hydrogens (tertiary/aromatic N) is 3. The van der Waals surface area contributed by atoms with Gasteiger partial charge in [-0.25, -0.2) is 4.98 Å². The molecule has 1 aliphatic heterocycles. The van der Waals surface area contributed by atoms with Crippen molar-refractivity contribution in [3.8, 4) is 5.69 Å². The molecule has 0 spiro atoms. The maximum atomic E-state index is 12.0. The van der Waals surface area contributed by atoms with Crippen LogP contribution >= 0.6 is 0 Å². The molecule has 0 aliphatic carbocycles. The minimum absolute atomic E-state index is 0.308. The lowest BCUT2D eigenvalue weighted by molar-refractivity contribution is 0.693. The summed E-state index contributed by atoms with van der Waals surface area (Å²) in [6.45, 7) is 1.83. The Balaban J connectivity index is 2.34. The number of anilines is 2. The normalized spacial score (nSPS) is 18.1. The van der Waals surface area contributed by atoms with Crippen LogP contribution in [0.15, 0.2) is 30.6 Å². The quantitative estimate of drug-likeness (QED) is 0.727. The SMILES string of the molecule is CC1c2c(N)ncn2-c2ccccc2N1[O-]. The number of fused-ring (bicyclic) bond motifs is 3. The van der Waals surface area contributed by atoms with Crippen LogP contribution in [0.2, 0.25) is 0 Å². The van der Waals surface area contributed by atoms with Crippen LogP contribution in [0.5, 0.6) is 0 Å². The van der Waals surface area contributed by atoms with Crippen LogP contribution in [0.1, 0.15) is 18.7 Å². The van der Waals surface area contributed by atoms with Gasteiger partial charge in [-0.1, -0.05) is 12.1 Å². The fourth-order valence-corrected chi connectivity index (χ4v) is 2.15. The van der Waals surface area contributed by atoms with Gasteiger partial charge in [-0.15, -0.1) is 0 Å². The lowest BCUT2D eigenvalue weighted by atomic mass is 10.1. The van der Waals surface area contributed by atoms with Crippen molar-refractivity contribution in [2.45, 2.75) is 13.0 Å². The van der Waals surface area contributed by atoms with E-state index in [-0.39, 0.29) is 6.04 Å². The van der Waals surface area contributed by atoms with Gasteiger partial charge in [0.2, 0.25) is 0 Å². The third-order valence-electron chi connectivity index (χ3n) is 2.96. The fraction of sp³-hybridized carbons (Fsp3) is 0.182. The summed E-state index contributed by atoms with van der Waals surface area (Å²) in [5, 5.41) is 13.0. The van der Waals surface area contributed by atoms with Gasteiger partial charge in [0.1, 0.15) is 12.1 Å². The maximum Gasteiger partial charge on any atom is 0.147 e. The second-order valence-corrected chi connectivity index (χ2v) is 3.88. The number of hydrogen-bond acceptors (Lipinski definition) is 4. The van der Waals surface area contributed by atoms with Crippen LogP contribution in [0, 0.1) is 5.21 Å². The van der Waals surface area contributed by atoms with Crippen LogP contribution in [-0.4, -0.2) is 9.55 Å². The predicted octanol–water partition coefficient (Wildman–Crippen LogP) is 1.83. The molecule has 0 radical (unpaired) electrons. The van der Waals surface area contributed by atoms with Gasteiger partial charge in [0.25, 0.3) is 0 Å². The van der Waals surface area contributed by atoms with Gasteiger partial charge >= 0.3 is 0 Å². The number of nitrogen functional groups attached to an aromatic ring is 1. The summed E-state index contributed by atoms with van der Waals surface area (Å²) in [5.41, 5.74) is 8.01. The van der Waals surface area contributed by atoms with Gasteiger partial charge < -0.3 is 16.0 Å². The summed E-state index contributed by atoms with van der Waals surface area (Å²) in [4.78, 5) is 4.06. The van der Waals surface area contributed by atoms with Crippen LogP contribution in [-0.2, 0) is 0 Å². The molecule has 3 rings (SSSR count). The molecule has 0 saturated carbocycles. The van der Waals surface area contributed by atoms with E-state index in [1.165, 1.54) is 0 Å². The summed E-state index contributed by atoms with van der Waals surface area (Å²) in [5.74, 6) is 0.419. The summed E-state index contributed by atoms with van der Waals surface area (Å²) < 4.78 is 1.88. The molecule has 82 valence electrons. The van der Waals surface area contributed by atoms with E-state index in [0.29, 0.717) is 11.5 Å². The standard InChI is InChI=1S/C11H11N4O/c1-7-10-11(12)13-6-14(10)8-4-2-3-5-9(8)15(7)16/h2-7H,12H2,1H3/q-1. The van der Waals surface area contributed by atoms with Gasteiger partial charge in [-0.05, 0) is 19.1 Å². The molecular formula is C11H11N4O-. The van der Waals surface area contributed by atoms with Crippen molar-refractivity contribution in [3.05, 3.63) is 41.5 Å². The second kappa shape index (κ2) is 2.99. The minimum Gasteiger partial charge on any atom is -0.758 e. The highest BCUT2D eigenvalue weighted by molar-refractivity contribution is 5.69. The molecular weight excluding hydrogens is 204 g/mol. The van der Waals surface area contributed by atoms with Crippen molar-refractivity contribution in [2.24, 2.45) is 0 Å². The Morgan fingerprint density at radius 2 is 2.00 bits per heavy atom. The Bertz CT molecular complexity index is 549. The molecule has 0 amide bonds. The van der Waals surface area contributed by atoms with Crippen molar-refractivity contribution in [1.29, 1.82) is 0 Å². The lowest BCUT2D eigenvalue weighted by Crippen LogP contribution is -2.28. The van der Waals surface area contributed by atoms with E-state index in [4.69, 9.17) is 5.73 Å². The molecule has 1 aromatic carbocycles. The molecule has 0 fully saturated rings. The maximum absolute atomic E-state index is 12.0. The van der Waals surface area contributed by atoms with Gasteiger partial charge in [0, 0.05) is 0 Å². The van der Waals surface area contributed by atoms with E-state index >= 15 is 0 Å². The number of benzene rings is 1. The zero-order valence-electron chi connectivity index (χ0n) is 8.79. The molecule has 0 saturated heterocycles. The number of rotatable bonds is 0. The molecule has 2 N–H and O–H groups in total. The van der Waals surface area contributed by atoms with Crippen LogP contribution in [0.25, 0.3) is 5.69 Å². The number of aromatic nitrogens is 2. The van der Waals surface area contributed by atoms with Crippen molar-refractivity contribution in [1.82, 2.24) is 9.55 Å². The smallest absolute Gasteiger partial charge is 0.147 e. The molecule has 1 aliphatic rings. The van der Waals surface area contributed by atoms with E-state index in [0.717, 1.165) is 16.4 Å². The molecule has 5 heteroatoms. The highest BCUT2D eigenvalue weighted by Crippen LogP contribution is 2.39. The third kappa shape index (κ3) is 1.00. The Hall–Kier alpha value is -2.01. The molecule has 1 atom stereocenters. The Morgan fingerprint density at radius 1 is 1.31 bits per heavy atom. The number of hydroxylamine groups is 1. The van der Waals surface area contributed by atoms with Crippen LogP contribution < -0.4 is 10.8 Å². The molecule has 0 bridgehead atoms. The average molecular weight is 215 g/mol. The first kappa shape index (κ1) is 9.23. The Labute approximate surface area is 92.7 Å². The van der Waals surface area contributed by atoms with E-state index < -0.39 is 0 Å². The van der Waals surface area contributed by atoms with E-state index in [1.54, 1.807) is 12.4 Å². The summed E-state index contributed by atoms with van der Waals surface area (Å²) in [6, 6.07) is 7.12. The first-order valence-corrected chi connectivity index (χ1v) is 5.08. The highest BCUT2D eigenvalue weighted by Gasteiger charge is 2.25. The van der Waals surface area contributed by atoms with Crippen molar-refractivity contribution >= 4 is 11.5 Å². The van der Waals surface area contributed by atoms with Gasteiger partial charge in [-0.3, -0.25) is 4.57 Å². The molecule has 2 heterocycles. The van der Waals surface area contributed by atoms with Crippen molar-refractivity contribution in [3.63, 3.8) is 0 Å². The zero-order chi connectivity index (χ0) is 11.3. The monoisotopic (exact) mass is 215 g/mol. The third-order valence-corrected chi connectivity index (χ3v) is 2.96. The lowest BCUT2D eigenvalue weighted by Gasteiger charge is -2.42. The molecule has 1 unspecified atom stereocenters. The molecule has 5 nitrogen and oxygen atoms in total. The zero-order valence-corrected chi connectivity index (χ0v) is 8.79. The molecule has 2 aromatic rings. The fourth-order valence-electron chi connectivity index (χ4n) is 2.15. The summed E-state index contributed by atoms with van der Waals surface area (Å²) >= 11 is 0. The van der Waals surface area contributed by atoms with E-state index in [2.05, 4.69) is 4.98 Å². The van der Waals surface area contributed by atoms with Crippen molar-refractivity contribution < 1.29 is 0 Å². The van der Waals surface area contributed by atoms with Gasteiger partial charge in [0.05, 0.1) is 23.1 Å². The number of para-hydroxylation sites is 2. The first-order valence-electron chi connectivity index (χ1n) is 5.08. The topological polar surface area (TPSA) is 70.1 Å². The predicted molar refractivity (Wildman–Crippen MR) is 62.2 cm³/mol. The number of hydrogen-bond donors (Lipinski definition) is 1. The summed E-state index contributed by atoms with van der Waals surface area (Å²) in [6.07, 6.45) is 1.66. The summed E-state index contributed by atoms with van der Waals surface area (Å²) in [7, 11) is 0.